The van der Waals surface area contributed by atoms with Crippen LogP contribution in [0.5, 0.6) is 0 Å². The van der Waals surface area contributed by atoms with E-state index in [1.165, 1.54) is 10.6 Å². The lowest BCUT2D eigenvalue weighted by Gasteiger charge is -2.15. The number of allylic oxidation sites excluding steroid dienone is 1. The van der Waals surface area contributed by atoms with Gasteiger partial charge in [-0.3, -0.25) is 14.6 Å². The van der Waals surface area contributed by atoms with E-state index in [1.807, 2.05) is 60.7 Å². The summed E-state index contributed by atoms with van der Waals surface area (Å²) in [6, 6.07) is 24.4. The van der Waals surface area contributed by atoms with Crippen LogP contribution < -0.4 is 5.56 Å². The van der Waals surface area contributed by atoms with Crippen molar-refractivity contribution in [2.45, 2.75) is 0 Å². The standard InChI is InChI=1S/C28H19ClN2O2/c1-31-24-14-13-20(29)17-22(24)26(19-7-3-2-4-8-19)27(28(31)33)25(32)15-12-18-9-5-11-23-21(18)10-6-16-30-23/h2-17H,1H3. The largest absolute Gasteiger partial charge is 0.311 e. The number of aromatic nitrogens is 2. The second kappa shape index (κ2) is 8.49. The molecule has 0 aliphatic rings. The molecular formula is C28H19ClN2O2. The zero-order valence-corrected chi connectivity index (χ0v) is 18.6. The number of rotatable bonds is 4. The quantitative estimate of drug-likeness (QED) is 0.238. The molecule has 0 amide bonds. The van der Waals surface area contributed by atoms with E-state index in [0.29, 0.717) is 16.1 Å². The van der Waals surface area contributed by atoms with Crippen molar-refractivity contribution in [1.82, 2.24) is 9.55 Å². The lowest BCUT2D eigenvalue weighted by molar-refractivity contribution is 0.104. The molecule has 0 fully saturated rings. The number of hydrogen-bond acceptors (Lipinski definition) is 3. The van der Waals surface area contributed by atoms with E-state index in [0.717, 1.165) is 27.4 Å². The summed E-state index contributed by atoms with van der Waals surface area (Å²) in [6.45, 7) is 0. The Bertz CT molecular complexity index is 1610. The van der Waals surface area contributed by atoms with E-state index in [2.05, 4.69) is 4.98 Å². The van der Waals surface area contributed by atoms with E-state index in [-0.39, 0.29) is 16.9 Å². The first-order valence-corrected chi connectivity index (χ1v) is 10.9. The van der Waals surface area contributed by atoms with Crippen LogP contribution in [0.25, 0.3) is 39.0 Å². The highest BCUT2D eigenvalue weighted by Crippen LogP contribution is 2.32. The van der Waals surface area contributed by atoms with Gasteiger partial charge >= 0.3 is 0 Å². The summed E-state index contributed by atoms with van der Waals surface area (Å²) in [4.78, 5) is 31.3. The number of aryl methyl sites for hydroxylation is 1. The van der Waals surface area contributed by atoms with E-state index in [1.54, 1.807) is 37.5 Å². The van der Waals surface area contributed by atoms with Crippen LogP contribution in [0.4, 0.5) is 0 Å². The highest BCUT2D eigenvalue weighted by atomic mass is 35.5. The molecular weight excluding hydrogens is 432 g/mol. The maximum Gasteiger partial charge on any atom is 0.262 e. The van der Waals surface area contributed by atoms with Gasteiger partial charge in [0.1, 0.15) is 0 Å². The van der Waals surface area contributed by atoms with E-state index in [4.69, 9.17) is 11.6 Å². The second-order valence-electron chi connectivity index (χ2n) is 7.76. The Kier molecular flexibility index (Phi) is 5.37. The average Bonchev–Trinajstić information content (AvgIpc) is 2.85. The molecule has 5 rings (SSSR count). The third-order valence-electron chi connectivity index (χ3n) is 5.76. The first-order chi connectivity index (χ1) is 16.0. The molecule has 0 radical (unpaired) electrons. The normalized spacial score (nSPS) is 11.5. The lowest BCUT2D eigenvalue weighted by Crippen LogP contribution is -2.25. The molecule has 0 saturated heterocycles. The van der Waals surface area contributed by atoms with Crippen LogP contribution >= 0.6 is 11.6 Å². The SMILES string of the molecule is Cn1c(=O)c(C(=O)C=Cc2cccc3ncccc23)c(-c2ccccc2)c2cc(Cl)ccc21. The number of ketones is 1. The number of hydrogen-bond donors (Lipinski definition) is 0. The summed E-state index contributed by atoms with van der Waals surface area (Å²) in [7, 11) is 1.67. The summed E-state index contributed by atoms with van der Waals surface area (Å²) in [5.41, 5.74) is 3.55. The molecule has 0 spiro atoms. The summed E-state index contributed by atoms with van der Waals surface area (Å²) in [5.74, 6) is -0.364. The highest BCUT2D eigenvalue weighted by Gasteiger charge is 2.21. The third-order valence-corrected chi connectivity index (χ3v) is 6.00. The summed E-state index contributed by atoms with van der Waals surface area (Å²) in [6.07, 6.45) is 4.93. The maximum atomic E-state index is 13.5. The molecule has 33 heavy (non-hydrogen) atoms. The monoisotopic (exact) mass is 450 g/mol. The van der Waals surface area contributed by atoms with Gasteiger partial charge in [0.15, 0.2) is 5.78 Å². The van der Waals surface area contributed by atoms with Crippen molar-refractivity contribution in [3.05, 3.63) is 118 Å². The highest BCUT2D eigenvalue weighted by molar-refractivity contribution is 6.31. The zero-order valence-electron chi connectivity index (χ0n) is 17.8. The molecule has 0 saturated carbocycles. The minimum Gasteiger partial charge on any atom is -0.311 e. The Morgan fingerprint density at radius 1 is 0.939 bits per heavy atom. The van der Waals surface area contributed by atoms with Crippen molar-refractivity contribution < 1.29 is 4.79 Å². The Labute approximate surface area is 195 Å². The minimum atomic E-state index is -0.364. The van der Waals surface area contributed by atoms with Crippen LogP contribution in [-0.4, -0.2) is 15.3 Å². The van der Waals surface area contributed by atoms with Crippen LogP contribution in [0.1, 0.15) is 15.9 Å². The number of pyridine rings is 2. The molecule has 3 aromatic carbocycles. The maximum absolute atomic E-state index is 13.5. The van der Waals surface area contributed by atoms with Gasteiger partial charge in [0.25, 0.3) is 5.56 Å². The predicted molar refractivity (Wildman–Crippen MR) is 135 cm³/mol. The number of fused-ring (bicyclic) bond motifs is 2. The number of carbonyl (C=O) groups excluding carboxylic acids is 1. The number of carbonyl (C=O) groups is 1. The Balaban J connectivity index is 1.73. The van der Waals surface area contributed by atoms with Crippen molar-refractivity contribution in [3.63, 3.8) is 0 Å². The van der Waals surface area contributed by atoms with E-state index < -0.39 is 0 Å². The Morgan fingerprint density at radius 2 is 1.76 bits per heavy atom. The zero-order chi connectivity index (χ0) is 22.9. The van der Waals surface area contributed by atoms with Crippen molar-refractivity contribution in [3.8, 4) is 11.1 Å². The third kappa shape index (κ3) is 3.75. The van der Waals surface area contributed by atoms with Gasteiger partial charge in [-0.2, -0.15) is 0 Å². The molecule has 0 unspecified atom stereocenters. The lowest BCUT2D eigenvalue weighted by atomic mass is 9.93. The van der Waals surface area contributed by atoms with Crippen molar-refractivity contribution in [2.75, 3.05) is 0 Å². The summed E-state index contributed by atoms with van der Waals surface area (Å²) in [5, 5.41) is 2.22. The molecule has 160 valence electrons. The number of halogens is 1. The van der Waals surface area contributed by atoms with Gasteiger partial charge < -0.3 is 4.57 Å². The first kappa shape index (κ1) is 20.9. The van der Waals surface area contributed by atoms with Crippen molar-refractivity contribution in [2.24, 2.45) is 7.05 Å². The molecule has 2 heterocycles. The summed E-state index contributed by atoms with van der Waals surface area (Å²) < 4.78 is 1.50. The average molecular weight is 451 g/mol. The van der Waals surface area contributed by atoms with Gasteiger partial charge in [-0.05, 0) is 47.5 Å². The molecule has 2 aromatic heterocycles. The van der Waals surface area contributed by atoms with Crippen LogP contribution in [0.15, 0.2) is 95.9 Å². The molecule has 0 N–H and O–H groups in total. The van der Waals surface area contributed by atoms with Gasteiger partial charge in [0.2, 0.25) is 0 Å². The number of benzene rings is 3. The van der Waals surface area contributed by atoms with Gasteiger partial charge in [-0.15, -0.1) is 0 Å². The van der Waals surface area contributed by atoms with Crippen LogP contribution in [0, 0.1) is 0 Å². The fourth-order valence-corrected chi connectivity index (χ4v) is 4.35. The predicted octanol–water partition coefficient (Wildman–Crippen LogP) is 6.30. The minimum absolute atomic E-state index is 0.119. The van der Waals surface area contributed by atoms with Crippen LogP contribution in [0.2, 0.25) is 5.02 Å². The molecule has 0 bridgehead atoms. The Morgan fingerprint density at radius 3 is 2.58 bits per heavy atom. The number of nitrogens with zero attached hydrogens (tertiary/aromatic N) is 2. The molecule has 5 heteroatoms. The van der Waals surface area contributed by atoms with Gasteiger partial charge in [0.05, 0.1) is 16.6 Å². The van der Waals surface area contributed by atoms with E-state index >= 15 is 0 Å². The van der Waals surface area contributed by atoms with Crippen LogP contribution in [-0.2, 0) is 7.05 Å². The topological polar surface area (TPSA) is 52.0 Å². The van der Waals surface area contributed by atoms with E-state index in [9.17, 15) is 9.59 Å². The Hall–Kier alpha value is -4.02. The van der Waals surface area contributed by atoms with Gasteiger partial charge in [0, 0.05) is 34.6 Å². The molecule has 5 aromatic rings. The van der Waals surface area contributed by atoms with Crippen molar-refractivity contribution in [1.29, 1.82) is 0 Å². The molecule has 0 aliphatic heterocycles. The fraction of sp³-hybridized carbons (Fsp3) is 0.0357. The molecule has 4 nitrogen and oxygen atoms in total. The fourth-order valence-electron chi connectivity index (χ4n) is 4.17. The molecule has 0 atom stereocenters. The second-order valence-corrected chi connectivity index (χ2v) is 8.19. The first-order valence-electron chi connectivity index (χ1n) is 10.5. The van der Waals surface area contributed by atoms with Crippen molar-refractivity contribution >= 4 is 45.3 Å². The molecule has 0 aliphatic carbocycles. The smallest absolute Gasteiger partial charge is 0.262 e. The van der Waals surface area contributed by atoms with Gasteiger partial charge in [-0.25, -0.2) is 0 Å². The van der Waals surface area contributed by atoms with Crippen LogP contribution in [0.3, 0.4) is 0 Å². The summed E-state index contributed by atoms with van der Waals surface area (Å²) >= 11 is 6.31. The van der Waals surface area contributed by atoms with Gasteiger partial charge in [-0.1, -0.05) is 66.2 Å².